The molecular formula is C9H14O2. The molecule has 1 atom stereocenters. The molecule has 62 valence electrons. The highest BCUT2D eigenvalue weighted by Crippen LogP contribution is 2.20. The minimum absolute atomic E-state index is 0.134. The summed E-state index contributed by atoms with van der Waals surface area (Å²) in [5.74, 6) is 0.619. The van der Waals surface area contributed by atoms with Crippen LogP contribution in [0.5, 0.6) is 0 Å². The van der Waals surface area contributed by atoms with Gasteiger partial charge in [0.2, 0.25) is 0 Å². The normalized spacial score (nSPS) is 25.6. The number of ketones is 1. The van der Waals surface area contributed by atoms with Crippen LogP contribution in [0.3, 0.4) is 0 Å². The van der Waals surface area contributed by atoms with Crippen molar-refractivity contribution >= 4 is 5.78 Å². The van der Waals surface area contributed by atoms with Crippen LogP contribution < -0.4 is 0 Å². The Morgan fingerprint density at radius 1 is 1.55 bits per heavy atom. The lowest BCUT2D eigenvalue weighted by atomic mass is 9.99. The monoisotopic (exact) mass is 154 g/mol. The fraction of sp³-hybridized carbons (Fsp3) is 0.667. The number of allylic oxidation sites excluding steroid dienone is 1. The molecule has 0 aliphatic carbocycles. The van der Waals surface area contributed by atoms with Crippen LogP contribution in [0.15, 0.2) is 11.6 Å². The van der Waals surface area contributed by atoms with Crippen LogP contribution in [-0.2, 0) is 9.53 Å². The Kier molecular flexibility index (Phi) is 2.83. The van der Waals surface area contributed by atoms with Crippen LogP contribution >= 0.6 is 0 Å². The highest BCUT2D eigenvalue weighted by Gasteiger charge is 2.16. The van der Waals surface area contributed by atoms with Crippen molar-refractivity contribution in [2.45, 2.75) is 20.3 Å². The standard InChI is InChI=1S/C9H14O2/c1-7(5-8(2)10)9-3-4-11-6-9/h5,9H,3-4,6H2,1-2H3/b7-5-. The van der Waals surface area contributed by atoms with Gasteiger partial charge in [-0.1, -0.05) is 5.57 Å². The van der Waals surface area contributed by atoms with Gasteiger partial charge in [0.05, 0.1) is 6.61 Å². The van der Waals surface area contributed by atoms with E-state index in [1.54, 1.807) is 13.0 Å². The van der Waals surface area contributed by atoms with Gasteiger partial charge in [0.15, 0.2) is 5.78 Å². The average molecular weight is 154 g/mol. The van der Waals surface area contributed by atoms with Crippen molar-refractivity contribution in [3.63, 3.8) is 0 Å². The van der Waals surface area contributed by atoms with Crippen LogP contribution in [0.4, 0.5) is 0 Å². The fourth-order valence-corrected chi connectivity index (χ4v) is 1.33. The van der Waals surface area contributed by atoms with Gasteiger partial charge in [0, 0.05) is 12.5 Å². The Balaban J connectivity index is 2.51. The summed E-state index contributed by atoms with van der Waals surface area (Å²) in [6, 6.07) is 0. The number of carbonyl (C=O) groups is 1. The second kappa shape index (κ2) is 3.67. The van der Waals surface area contributed by atoms with Gasteiger partial charge in [-0.25, -0.2) is 0 Å². The second-order valence-corrected chi connectivity index (χ2v) is 3.06. The molecule has 0 radical (unpaired) electrons. The fourth-order valence-electron chi connectivity index (χ4n) is 1.33. The third-order valence-electron chi connectivity index (χ3n) is 2.00. The van der Waals surface area contributed by atoms with Crippen molar-refractivity contribution in [3.05, 3.63) is 11.6 Å². The molecule has 2 nitrogen and oxygen atoms in total. The summed E-state index contributed by atoms with van der Waals surface area (Å²) in [5.41, 5.74) is 1.16. The molecule has 2 heteroatoms. The Morgan fingerprint density at radius 3 is 2.73 bits per heavy atom. The van der Waals surface area contributed by atoms with Crippen molar-refractivity contribution in [3.8, 4) is 0 Å². The summed E-state index contributed by atoms with van der Waals surface area (Å²) >= 11 is 0. The maximum absolute atomic E-state index is 10.7. The van der Waals surface area contributed by atoms with Crippen LogP contribution in [0, 0.1) is 5.92 Å². The summed E-state index contributed by atoms with van der Waals surface area (Å²) < 4.78 is 5.21. The zero-order chi connectivity index (χ0) is 8.27. The first kappa shape index (κ1) is 8.47. The molecule has 1 unspecified atom stereocenters. The van der Waals surface area contributed by atoms with E-state index >= 15 is 0 Å². The van der Waals surface area contributed by atoms with Gasteiger partial charge in [-0.2, -0.15) is 0 Å². The first-order valence-corrected chi connectivity index (χ1v) is 3.96. The number of carbonyl (C=O) groups excluding carboxylic acids is 1. The number of ether oxygens (including phenoxy) is 1. The lowest BCUT2D eigenvalue weighted by Gasteiger charge is -2.05. The zero-order valence-corrected chi connectivity index (χ0v) is 7.09. The van der Waals surface area contributed by atoms with E-state index in [4.69, 9.17) is 4.74 Å². The van der Waals surface area contributed by atoms with Gasteiger partial charge < -0.3 is 4.74 Å². The van der Waals surface area contributed by atoms with Crippen LogP contribution in [0.2, 0.25) is 0 Å². The van der Waals surface area contributed by atoms with E-state index in [9.17, 15) is 4.79 Å². The molecular weight excluding hydrogens is 140 g/mol. The summed E-state index contributed by atoms with van der Waals surface area (Å²) in [5, 5.41) is 0. The lowest BCUT2D eigenvalue weighted by Crippen LogP contribution is -2.02. The van der Waals surface area contributed by atoms with Crippen LogP contribution in [0.25, 0.3) is 0 Å². The predicted octanol–water partition coefficient (Wildman–Crippen LogP) is 1.56. The Hall–Kier alpha value is -0.630. The Morgan fingerprint density at radius 2 is 2.27 bits per heavy atom. The predicted molar refractivity (Wildman–Crippen MR) is 43.4 cm³/mol. The molecule has 1 fully saturated rings. The molecule has 0 aromatic carbocycles. The number of hydrogen-bond acceptors (Lipinski definition) is 2. The van der Waals surface area contributed by atoms with Gasteiger partial charge in [0.25, 0.3) is 0 Å². The van der Waals surface area contributed by atoms with Crippen molar-refractivity contribution < 1.29 is 9.53 Å². The first-order chi connectivity index (χ1) is 5.20. The van der Waals surface area contributed by atoms with Crippen molar-refractivity contribution in [1.82, 2.24) is 0 Å². The van der Waals surface area contributed by atoms with E-state index in [0.717, 1.165) is 25.2 Å². The number of rotatable bonds is 2. The van der Waals surface area contributed by atoms with E-state index in [2.05, 4.69) is 0 Å². The molecule has 0 aromatic rings. The van der Waals surface area contributed by atoms with E-state index in [0.29, 0.717) is 5.92 Å². The maximum Gasteiger partial charge on any atom is 0.152 e. The molecule has 1 aliphatic rings. The molecule has 0 N–H and O–H groups in total. The van der Waals surface area contributed by atoms with E-state index in [1.165, 1.54) is 0 Å². The molecule has 1 aliphatic heterocycles. The van der Waals surface area contributed by atoms with Gasteiger partial charge in [-0.05, 0) is 26.3 Å². The lowest BCUT2D eigenvalue weighted by molar-refractivity contribution is -0.112. The SMILES string of the molecule is CC(=O)/C=C(/C)C1CCOC1. The van der Waals surface area contributed by atoms with Gasteiger partial charge in [-0.3, -0.25) is 4.79 Å². The average Bonchev–Trinajstić information content (AvgIpc) is 2.35. The molecule has 0 spiro atoms. The summed E-state index contributed by atoms with van der Waals surface area (Å²) in [7, 11) is 0. The van der Waals surface area contributed by atoms with E-state index < -0.39 is 0 Å². The van der Waals surface area contributed by atoms with Gasteiger partial charge in [0.1, 0.15) is 0 Å². The molecule has 0 saturated carbocycles. The zero-order valence-electron chi connectivity index (χ0n) is 7.09. The van der Waals surface area contributed by atoms with Crippen LogP contribution in [0.1, 0.15) is 20.3 Å². The molecule has 1 rings (SSSR count). The summed E-state index contributed by atoms with van der Waals surface area (Å²) in [6.45, 7) is 5.21. The largest absolute Gasteiger partial charge is 0.381 e. The van der Waals surface area contributed by atoms with Crippen LogP contribution in [-0.4, -0.2) is 19.0 Å². The minimum Gasteiger partial charge on any atom is -0.381 e. The molecule has 1 saturated heterocycles. The summed E-state index contributed by atoms with van der Waals surface area (Å²) in [6.07, 6.45) is 2.77. The molecule has 11 heavy (non-hydrogen) atoms. The highest BCUT2D eigenvalue weighted by atomic mass is 16.5. The first-order valence-electron chi connectivity index (χ1n) is 3.96. The van der Waals surface area contributed by atoms with E-state index in [-0.39, 0.29) is 5.78 Å². The third kappa shape index (κ3) is 2.46. The second-order valence-electron chi connectivity index (χ2n) is 3.06. The smallest absolute Gasteiger partial charge is 0.152 e. The van der Waals surface area contributed by atoms with Crippen molar-refractivity contribution in [2.75, 3.05) is 13.2 Å². The molecule has 0 aromatic heterocycles. The minimum atomic E-state index is 0.134. The number of hydrogen-bond donors (Lipinski definition) is 0. The van der Waals surface area contributed by atoms with Gasteiger partial charge >= 0.3 is 0 Å². The molecule has 0 bridgehead atoms. The van der Waals surface area contributed by atoms with Crippen molar-refractivity contribution in [1.29, 1.82) is 0 Å². The molecule has 0 amide bonds. The topological polar surface area (TPSA) is 26.3 Å². The highest BCUT2D eigenvalue weighted by molar-refractivity contribution is 5.87. The quantitative estimate of drug-likeness (QED) is 0.564. The maximum atomic E-state index is 10.7. The van der Waals surface area contributed by atoms with Gasteiger partial charge in [-0.15, -0.1) is 0 Å². The Labute approximate surface area is 67.2 Å². The van der Waals surface area contributed by atoms with Crippen molar-refractivity contribution in [2.24, 2.45) is 5.92 Å². The van der Waals surface area contributed by atoms with E-state index in [1.807, 2.05) is 6.92 Å². The summed E-state index contributed by atoms with van der Waals surface area (Å²) in [4.78, 5) is 10.7. The Bertz CT molecular complexity index is 176. The molecule has 1 heterocycles. The third-order valence-corrected chi connectivity index (χ3v) is 2.00.